The van der Waals surface area contributed by atoms with E-state index < -0.39 is 36.4 Å². The van der Waals surface area contributed by atoms with Crippen LogP contribution in [0, 0.1) is 5.92 Å². The topological polar surface area (TPSA) is 137 Å². The molecule has 9 nitrogen and oxygen atoms in total. The Kier molecular flexibility index (Phi) is 8.44. The van der Waals surface area contributed by atoms with E-state index in [-0.39, 0.29) is 18.9 Å². The van der Waals surface area contributed by atoms with Gasteiger partial charge in [-0.1, -0.05) is 6.07 Å². The van der Waals surface area contributed by atoms with E-state index in [0.29, 0.717) is 31.0 Å². The number of nitrogens with two attached hydrogens (primary N) is 2. The van der Waals surface area contributed by atoms with E-state index in [1.54, 1.807) is 25.1 Å². The number of anilines is 1. The fourth-order valence-electron chi connectivity index (χ4n) is 3.25. The first kappa shape index (κ1) is 25.0. The summed E-state index contributed by atoms with van der Waals surface area (Å²) >= 11 is 0. The molecule has 2 rings (SSSR count). The predicted molar refractivity (Wildman–Crippen MR) is 109 cm³/mol. The van der Waals surface area contributed by atoms with Crippen molar-refractivity contribution in [2.24, 2.45) is 22.4 Å². The number of guanidine groups is 1. The summed E-state index contributed by atoms with van der Waals surface area (Å²) in [6.45, 7) is 2.92. The zero-order valence-corrected chi connectivity index (χ0v) is 17.5. The van der Waals surface area contributed by atoms with Gasteiger partial charge in [0.25, 0.3) is 0 Å². The fraction of sp³-hybridized carbons (Fsp3) is 0.500. The number of nitrogens with zero attached hydrogens (tertiary/aromatic N) is 2. The van der Waals surface area contributed by atoms with E-state index in [1.165, 1.54) is 4.90 Å². The molecule has 12 heteroatoms. The van der Waals surface area contributed by atoms with Crippen molar-refractivity contribution in [3.63, 3.8) is 0 Å². The summed E-state index contributed by atoms with van der Waals surface area (Å²) in [6.07, 6.45) is -4.35. The van der Waals surface area contributed by atoms with Gasteiger partial charge in [0.05, 0.1) is 24.6 Å². The molecule has 1 aromatic carbocycles. The number of alkyl halides is 3. The Morgan fingerprint density at radius 3 is 2.59 bits per heavy atom. The lowest BCUT2D eigenvalue weighted by atomic mass is 9.89. The maximum atomic E-state index is 12.8. The molecule has 0 saturated carbocycles. The molecule has 1 aliphatic heterocycles. The molecule has 0 fully saturated rings. The number of rotatable bonds is 9. The number of fused-ring (bicyclic) bond motifs is 1. The number of unbranched alkanes of at least 4 members (excludes halogenated alkanes) is 1. The zero-order chi connectivity index (χ0) is 23.9. The third-order valence-corrected chi connectivity index (χ3v) is 4.71. The Balaban J connectivity index is 2.01. The van der Waals surface area contributed by atoms with Gasteiger partial charge in [-0.15, -0.1) is 0 Å². The van der Waals surface area contributed by atoms with Gasteiger partial charge in [0, 0.05) is 19.2 Å². The van der Waals surface area contributed by atoms with Crippen molar-refractivity contribution >= 4 is 29.5 Å². The minimum absolute atomic E-state index is 0.0310. The van der Waals surface area contributed by atoms with E-state index in [1.807, 2.05) is 0 Å². The molecule has 0 aromatic heterocycles. The first-order chi connectivity index (χ1) is 15.0. The van der Waals surface area contributed by atoms with E-state index >= 15 is 0 Å². The summed E-state index contributed by atoms with van der Waals surface area (Å²) in [5.41, 5.74) is 11.8. The highest BCUT2D eigenvalue weighted by Crippen LogP contribution is 2.35. The van der Waals surface area contributed by atoms with Gasteiger partial charge in [0.15, 0.2) is 5.96 Å². The molecule has 0 spiro atoms. The van der Waals surface area contributed by atoms with E-state index in [2.05, 4.69) is 9.73 Å². The number of aliphatic imine (C=N–C) groups is 1. The summed E-state index contributed by atoms with van der Waals surface area (Å²) in [6, 6.07) is 5.15. The second-order valence-electron chi connectivity index (χ2n) is 7.10. The lowest BCUT2D eigenvalue weighted by Gasteiger charge is -2.33. The molecule has 1 amide bonds. The number of ether oxygens (including phenoxy) is 2. The number of amides is 1. The van der Waals surface area contributed by atoms with Gasteiger partial charge < -0.3 is 25.8 Å². The first-order valence-corrected chi connectivity index (χ1v) is 9.97. The average molecular weight is 458 g/mol. The Hall–Kier alpha value is -3.31. The summed E-state index contributed by atoms with van der Waals surface area (Å²) in [5.74, 6) is -4.79. The fourth-order valence-corrected chi connectivity index (χ4v) is 3.25. The summed E-state index contributed by atoms with van der Waals surface area (Å²) in [7, 11) is 0. The van der Waals surface area contributed by atoms with Gasteiger partial charge in [0.2, 0.25) is 5.91 Å². The minimum atomic E-state index is -5.28. The van der Waals surface area contributed by atoms with Gasteiger partial charge in [0.1, 0.15) is 5.75 Å². The molecule has 176 valence electrons. The minimum Gasteiger partial charge on any atom is -0.494 e. The Bertz CT molecular complexity index is 884. The van der Waals surface area contributed by atoms with Crippen LogP contribution in [0.15, 0.2) is 23.2 Å². The largest absolute Gasteiger partial charge is 0.494 e. The molecule has 1 atom stereocenters. The molecule has 1 heterocycles. The molecule has 32 heavy (non-hydrogen) atoms. The van der Waals surface area contributed by atoms with Crippen molar-refractivity contribution in [1.82, 2.24) is 0 Å². The average Bonchev–Trinajstić information content (AvgIpc) is 2.70. The molecule has 0 aliphatic carbocycles. The van der Waals surface area contributed by atoms with E-state index in [9.17, 15) is 27.6 Å². The van der Waals surface area contributed by atoms with Crippen molar-refractivity contribution in [2.75, 3.05) is 24.6 Å². The number of hydrogen-bond donors (Lipinski definition) is 2. The van der Waals surface area contributed by atoms with Gasteiger partial charge in [-0.3, -0.25) is 14.6 Å². The number of esters is 2. The van der Waals surface area contributed by atoms with Crippen LogP contribution < -0.4 is 21.1 Å². The van der Waals surface area contributed by atoms with Crippen molar-refractivity contribution < 1.29 is 37.0 Å². The summed E-state index contributed by atoms with van der Waals surface area (Å²) in [4.78, 5) is 40.7. The summed E-state index contributed by atoms with van der Waals surface area (Å²) in [5, 5.41) is 0. The van der Waals surface area contributed by atoms with Crippen molar-refractivity contribution in [2.45, 2.75) is 38.8 Å². The Morgan fingerprint density at radius 2 is 1.97 bits per heavy atom. The van der Waals surface area contributed by atoms with Crippen LogP contribution in [0.4, 0.5) is 18.9 Å². The molecule has 0 bridgehead atoms. The highest BCUT2D eigenvalue weighted by molar-refractivity contribution is 6.00. The lowest BCUT2D eigenvalue weighted by Crippen LogP contribution is -2.42. The number of carbonyl (C=O) groups excluding carboxylic acids is 3. The molecule has 4 N–H and O–H groups in total. The number of benzene rings is 1. The number of halogens is 3. The molecular formula is C20H25F3N4O5. The highest BCUT2D eigenvalue weighted by atomic mass is 19.4. The van der Waals surface area contributed by atoms with Gasteiger partial charge in [-0.25, -0.2) is 4.79 Å². The van der Waals surface area contributed by atoms with Crippen molar-refractivity contribution in [1.29, 1.82) is 0 Å². The molecule has 0 saturated heterocycles. The second-order valence-corrected chi connectivity index (χ2v) is 7.10. The Morgan fingerprint density at radius 1 is 1.25 bits per heavy atom. The molecule has 0 radical (unpaired) electrons. The van der Waals surface area contributed by atoms with Crippen molar-refractivity contribution in [3.8, 4) is 5.75 Å². The summed E-state index contributed by atoms with van der Waals surface area (Å²) < 4.78 is 46.3. The quantitative estimate of drug-likeness (QED) is 0.189. The number of hydrogen-bond acceptors (Lipinski definition) is 6. The van der Waals surface area contributed by atoms with E-state index in [4.69, 9.17) is 16.2 Å². The van der Waals surface area contributed by atoms with Crippen LogP contribution in [0.3, 0.4) is 0 Å². The van der Waals surface area contributed by atoms with Crippen LogP contribution in [-0.2, 0) is 25.5 Å². The number of carbonyl (C=O) groups is 3. The predicted octanol–water partition coefficient (Wildman–Crippen LogP) is 1.67. The molecule has 1 unspecified atom stereocenters. The van der Waals surface area contributed by atoms with Crippen LogP contribution in [-0.4, -0.2) is 49.7 Å². The molecule has 1 aromatic rings. The SMILES string of the molecule is CCN1C(=O)C(CC(=O)OC(=O)C(F)(F)F)Cc2ccc(OCCCCN=C(N)N)cc21. The van der Waals surface area contributed by atoms with Crippen LogP contribution in [0.25, 0.3) is 0 Å². The van der Waals surface area contributed by atoms with Crippen LogP contribution in [0.5, 0.6) is 5.75 Å². The highest BCUT2D eigenvalue weighted by Gasteiger charge is 2.43. The first-order valence-electron chi connectivity index (χ1n) is 9.97. The third kappa shape index (κ3) is 6.86. The van der Waals surface area contributed by atoms with Crippen LogP contribution in [0.2, 0.25) is 0 Å². The standard InChI is InChI=1S/C20H25F3N4O5/c1-2-27-15-11-14(31-8-4-3-7-26-19(24)25)6-5-12(15)9-13(17(27)29)10-16(28)32-18(30)20(21,22)23/h5-6,11,13H,2-4,7-10H2,1H3,(H4,24,25,26). The molecule has 1 aliphatic rings. The molecular weight excluding hydrogens is 433 g/mol. The van der Waals surface area contributed by atoms with Crippen LogP contribution >= 0.6 is 0 Å². The van der Waals surface area contributed by atoms with Crippen molar-refractivity contribution in [3.05, 3.63) is 23.8 Å². The van der Waals surface area contributed by atoms with E-state index in [0.717, 1.165) is 12.0 Å². The monoisotopic (exact) mass is 458 g/mol. The Labute approximate surface area is 182 Å². The van der Waals surface area contributed by atoms with Crippen LogP contribution in [0.1, 0.15) is 31.7 Å². The maximum Gasteiger partial charge on any atom is 0.491 e. The smallest absolute Gasteiger partial charge is 0.491 e. The lowest BCUT2D eigenvalue weighted by molar-refractivity contribution is -0.202. The third-order valence-electron chi connectivity index (χ3n) is 4.71. The van der Waals surface area contributed by atoms with Gasteiger partial charge in [-0.05, 0) is 37.8 Å². The maximum absolute atomic E-state index is 12.8. The zero-order valence-electron chi connectivity index (χ0n) is 17.5. The van der Waals surface area contributed by atoms with Gasteiger partial charge in [-0.2, -0.15) is 13.2 Å². The van der Waals surface area contributed by atoms with Gasteiger partial charge >= 0.3 is 18.1 Å². The second kappa shape index (κ2) is 10.8. The normalized spacial score (nSPS) is 15.7.